The van der Waals surface area contributed by atoms with Gasteiger partial charge in [0.1, 0.15) is 11.6 Å². The molecule has 0 atom stereocenters. The van der Waals surface area contributed by atoms with Gasteiger partial charge in [-0.05, 0) is 51.0 Å². The molecule has 20 heavy (non-hydrogen) atoms. The van der Waals surface area contributed by atoms with Crippen molar-refractivity contribution >= 4 is 11.8 Å². The van der Waals surface area contributed by atoms with E-state index < -0.39 is 5.97 Å². The molecule has 0 unspecified atom stereocenters. The van der Waals surface area contributed by atoms with Crippen LogP contribution < -0.4 is 5.73 Å². The number of hydrogen-bond donors (Lipinski definition) is 1. The summed E-state index contributed by atoms with van der Waals surface area (Å²) >= 11 is 0. The van der Waals surface area contributed by atoms with Crippen LogP contribution in [0.5, 0.6) is 0 Å². The van der Waals surface area contributed by atoms with Gasteiger partial charge in [0.2, 0.25) is 0 Å². The zero-order valence-corrected chi connectivity index (χ0v) is 12.2. The Labute approximate surface area is 118 Å². The minimum absolute atomic E-state index is 0.170. The quantitative estimate of drug-likeness (QED) is 0.872. The number of rotatable bonds is 3. The molecule has 0 saturated carbocycles. The van der Waals surface area contributed by atoms with E-state index >= 15 is 0 Å². The first-order valence-corrected chi connectivity index (χ1v) is 6.54. The first kappa shape index (κ1) is 14.1. The van der Waals surface area contributed by atoms with Gasteiger partial charge in [-0.1, -0.05) is 6.07 Å². The third-order valence-electron chi connectivity index (χ3n) is 3.01. The predicted octanol–water partition coefficient (Wildman–Crippen LogP) is 2.56. The topological polar surface area (TPSA) is 70.1 Å². The van der Waals surface area contributed by atoms with Crippen molar-refractivity contribution in [2.45, 2.75) is 27.7 Å². The van der Waals surface area contributed by atoms with Crippen molar-refractivity contribution in [3.05, 3.63) is 40.8 Å². The second kappa shape index (κ2) is 5.36. The first-order valence-electron chi connectivity index (χ1n) is 6.54. The molecule has 1 heterocycles. The van der Waals surface area contributed by atoms with E-state index in [1.807, 2.05) is 32.9 Å². The van der Waals surface area contributed by atoms with Gasteiger partial charge in [0, 0.05) is 5.69 Å². The Morgan fingerprint density at radius 3 is 2.40 bits per heavy atom. The van der Waals surface area contributed by atoms with E-state index in [1.54, 1.807) is 11.5 Å². The van der Waals surface area contributed by atoms with Gasteiger partial charge >= 0.3 is 5.97 Å². The Morgan fingerprint density at radius 2 is 1.85 bits per heavy atom. The standard InChI is InChI=1S/C15H19N3O2/c1-5-20-15(19)13-14(16)18(11(4)17-13)12-7-9(2)6-10(3)8-12/h6-8H,5,16H2,1-4H3. The molecule has 0 amide bonds. The zero-order valence-electron chi connectivity index (χ0n) is 12.2. The van der Waals surface area contributed by atoms with Gasteiger partial charge in [-0.15, -0.1) is 0 Å². The molecule has 5 nitrogen and oxygen atoms in total. The van der Waals surface area contributed by atoms with Gasteiger partial charge in [-0.2, -0.15) is 0 Å². The summed E-state index contributed by atoms with van der Waals surface area (Å²) in [5.41, 5.74) is 9.40. The van der Waals surface area contributed by atoms with Crippen LogP contribution >= 0.6 is 0 Å². The molecule has 0 bridgehead atoms. The number of carbonyl (C=O) groups excluding carboxylic acids is 1. The maximum atomic E-state index is 11.8. The molecule has 0 saturated heterocycles. The van der Waals surface area contributed by atoms with Gasteiger partial charge < -0.3 is 10.5 Å². The summed E-state index contributed by atoms with van der Waals surface area (Å²) in [5.74, 6) is 0.484. The van der Waals surface area contributed by atoms with E-state index in [0.717, 1.165) is 16.8 Å². The maximum absolute atomic E-state index is 11.8. The van der Waals surface area contributed by atoms with Crippen molar-refractivity contribution in [3.63, 3.8) is 0 Å². The summed E-state index contributed by atoms with van der Waals surface area (Å²) in [6.45, 7) is 7.91. The number of imidazole rings is 1. The number of nitrogen functional groups attached to an aromatic ring is 1. The Kier molecular flexibility index (Phi) is 3.79. The van der Waals surface area contributed by atoms with Crippen LogP contribution in [0.2, 0.25) is 0 Å². The van der Waals surface area contributed by atoms with Gasteiger partial charge in [-0.25, -0.2) is 9.78 Å². The highest BCUT2D eigenvalue weighted by Crippen LogP contribution is 2.23. The highest BCUT2D eigenvalue weighted by atomic mass is 16.5. The number of hydrogen-bond acceptors (Lipinski definition) is 4. The van der Waals surface area contributed by atoms with E-state index in [-0.39, 0.29) is 5.69 Å². The first-order chi connectivity index (χ1) is 9.43. The molecule has 2 N–H and O–H groups in total. The molecule has 0 aliphatic heterocycles. The van der Waals surface area contributed by atoms with Crippen molar-refractivity contribution < 1.29 is 9.53 Å². The van der Waals surface area contributed by atoms with E-state index in [4.69, 9.17) is 10.5 Å². The number of aryl methyl sites for hydroxylation is 3. The second-order valence-electron chi connectivity index (χ2n) is 4.79. The highest BCUT2D eigenvalue weighted by Gasteiger charge is 2.20. The van der Waals surface area contributed by atoms with Gasteiger partial charge in [0.05, 0.1) is 6.61 Å². The third-order valence-corrected chi connectivity index (χ3v) is 3.01. The molecule has 1 aromatic heterocycles. The van der Waals surface area contributed by atoms with Crippen LogP contribution in [0.1, 0.15) is 34.4 Å². The van der Waals surface area contributed by atoms with Crippen LogP contribution in [0, 0.1) is 20.8 Å². The van der Waals surface area contributed by atoms with E-state index in [0.29, 0.717) is 18.2 Å². The monoisotopic (exact) mass is 273 g/mol. The van der Waals surface area contributed by atoms with Crippen molar-refractivity contribution in [1.29, 1.82) is 0 Å². The minimum Gasteiger partial charge on any atom is -0.461 e. The van der Waals surface area contributed by atoms with Crippen molar-refractivity contribution in [2.24, 2.45) is 0 Å². The van der Waals surface area contributed by atoms with Crippen LogP contribution in [0.4, 0.5) is 5.82 Å². The van der Waals surface area contributed by atoms with Crippen molar-refractivity contribution in [3.8, 4) is 5.69 Å². The number of nitrogens with two attached hydrogens (primary N) is 1. The number of esters is 1. The summed E-state index contributed by atoms with van der Waals surface area (Å²) < 4.78 is 6.74. The fourth-order valence-electron chi connectivity index (χ4n) is 2.30. The second-order valence-corrected chi connectivity index (χ2v) is 4.79. The predicted molar refractivity (Wildman–Crippen MR) is 78.1 cm³/mol. The summed E-state index contributed by atoms with van der Waals surface area (Å²) in [7, 11) is 0. The SMILES string of the molecule is CCOC(=O)c1nc(C)n(-c2cc(C)cc(C)c2)c1N. The molecule has 0 aliphatic carbocycles. The lowest BCUT2D eigenvalue weighted by Gasteiger charge is -2.10. The molecule has 1 aromatic carbocycles. The number of ether oxygens (including phenoxy) is 1. The van der Waals surface area contributed by atoms with E-state index in [2.05, 4.69) is 11.1 Å². The van der Waals surface area contributed by atoms with Crippen molar-refractivity contribution in [1.82, 2.24) is 9.55 Å². The molecule has 0 fully saturated rings. The van der Waals surface area contributed by atoms with Crippen LogP contribution in [0.15, 0.2) is 18.2 Å². The number of anilines is 1. The summed E-state index contributed by atoms with van der Waals surface area (Å²) in [6.07, 6.45) is 0. The normalized spacial score (nSPS) is 10.6. The van der Waals surface area contributed by atoms with Crippen LogP contribution in [-0.2, 0) is 4.74 Å². The third kappa shape index (κ3) is 2.52. The smallest absolute Gasteiger partial charge is 0.360 e. The Balaban J connectivity index is 2.55. The molecule has 2 rings (SSSR count). The van der Waals surface area contributed by atoms with Gasteiger partial charge in [0.15, 0.2) is 5.69 Å². The Hall–Kier alpha value is -2.30. The molecular formula is C15H19N3O2. The van der Waals surface area contributed by atoms with E-state index in [9.17, 15) is 4.79 Å². The Morgan fingerprint density at radius 1 is 1.25 bits per heavy atom. The number of nitrogens with zero attached hydrogens (tertiary/aromatic N) is 2. The lowest BCUT2D eigenvalue weighted by molar-refractivity contribution is 0.0521. The average Bonchev–Trinajstić information content (AvgIpc) is 2.64. The maximum Gasteiger partial charge on any atom is 0.360 e. The fraction of sp³-hybridized carbons (Fsp3) is 0.333. The summed E-state index contributed by atoms with van der Waals surface area (Å²) in [5, 5.41) is 0. The Bertz CT molecular complexity index is 639. The van der Waals surface area contributed by atoms with Crippen LogP contribution in [0.3, 0.4) is 0 Å². The highest BCUT2D eigenvalue weighted by molar-refractivity contribution is 5.92. The molecule has 0 aliphatic rings. The molecular weight excluding hydrogens is 254 g/mol. The average molecular weight is 273 g/mol. The van der Waals surface area contributed by atoms with Crippen molar-refractivity contribution in [2.75, 3.05) is 12.3 Å². The largest absolute Gasteiger partial charge is 0.461 e. The lowest BCUT2D eigenvalue weighted by atomic mass is 10.1. The molecule has 0 spiro atoms. The number of benzene rings is 1. The number of carbonyl (C=O) groups is 1. The van der Waals surface area contributed by atoms with E-state index in [1.165, 1.54) is 0 Å². The van der Waals surface area contributed by atoms with Gasteiger partial charge in [0.25, 0.3) is 0 Å². The van der Waals surface area contributed by atoms with Crippen LogP contribution in [0.25, 0.3) is 5.69 Å². The molecule has 106 valence electrons. The summed E-state index contributed by atoms with van der Waals surface area (Å²) in [6, 6.07) is 6.10. The van der Waals surface area contributed by atoms with Crippen LogP contribution in [-0.4, -0.2) is 22.1 Å². The molecule has 0 radical (unpaired) electrons. The minimum atomic E-state index is -0.490. The summed E-state index contributed by atoms with van der Waals surface area (Å²) in [4.78, 5) is 16.0. The lowest BCUT2D eigenvalue weighted by Crippen LogP contribution is -2.09. The molecule has 5 heteroatoms. The fourth-order valence-corrected chi connectivity index (χ4v) is 2.30. The van der Waals surface area contributed by atoms with Gasteiger partial charge in [-0.3, -0.25) is 4.57 Å². The molecule has 2 aromatic rings. The number of aromatic nitrogens is 2. The zero-order chi connectivity index (χ0) is 14.9.